The van der Waals surface area contributed by atoms with Gasteiger partial charge in [-0.05, 0) is 42.7 Å². The van der Waals surface area contributed by atoms with Crippen LogP contribution in [0.3, 0.4) is 0 Å². The van der Waals surface area contributed by atoms with E-state index in [9.17, 15) is 4.39 Å². The van der Waals surface area contributed by atoms with Gasteiger partial charge in [0, 0.05) is 12.6 Å². The van der Waals surface area contributed by atoms with Gasteiger partial charge < -0.3 is 10.1 Å². The Bertz CT molecular complexity index is 583. The van der Waals surface area contributed by atoms with E-state index in [1.54, 1.807) is 6.07 Å². The molecule has 0 aliphatic carbocycles. The third-order valence-corrected chi connectivity index (χ3v) is 3.48. The Morgan fingerprint density at radius 2 is 1.95 bits per heavy atom. The van der Waals surface area contributed by atoms with Gasteiger partial charge in [-0.15, -0.1) is 0 Å². The summed E-state index contributed by atoms with van der Waals surface area (Å²) in [7, 11) is 1.47. The molecule has 2 aromatic carbocycles. The van der Waals surface area contributed by atoms with E-state index < -0.39 is 0 Å². The van der Waals surface area contributed by atoms with Gasteiger partial charge in [0.05, 0.1) is 7.11 Å². The summed E-state index contributed by atoms with van der Waals surface area (Å²) in [6.45, 7) is 4.83. The van der Waals surface area contributed by atoms with Crippen LogP contribution in [0.25, 0.3) is 0 Å². The maximum atomic E-state index is 13.6. The van der Waals surface area contributed by atoms with E-state index in [4.69, 9.17) is 4.74 Å². The standard InChI is InChI=1S/C17H20FNO/c1-12-6-4-5-7-15(12)13(2)19-11-14-8-9-17(20-3)16(18)10-14/h4-10,13,19H,11H2,1-3H3/t13-/m0/s1. The zero-order valence-corrected chi connectivity index (χ0v) is 12.1. The van der Waals surface area contributed by atoms with Crippen molar-refractivity contribution in [2.45, 2.75) is 26.4 Å². The molecular formula is C17H20FNO. The third kappa shape index (κ3) is 3.36. The predicted molar refractivity (Wildman–Crippen MR) is 79.4 cm³/mol. The molecule has 0 radical (unpaired) electrons. The van der Waals surface area contributed by atoms with Gasteiger partial charge in [-0.1, -0.05) is 30.3 Å². The van der Waals surface area contributed by atoms with Crippen molar-refractivity contribution in [3.63, 3.8) is 0 Å². The first-order valence-corrected chi connectivity index (χ1v) is 6.73. The first-order valence-electron chi connectivity index (χ1n) is 6.73. The molecule has 0 unspecified atom stereocenters. The van der Waals surface area contributed by atoms with Crippen LogP contribution < -0.4 is 10.1 Å². The van der Waals surface area contributed by atoms with Gasteiger partial charge in [0.25, 0.3) is 0 Å². The molecule has 2 rings (SSSR count). The van der Waals surface area contributed by atoms with Crippen molar-refractivity contribution in [2.75, 3.05) is 7.11 Å². The molecule has 0 heterocycles. The normalized spacial score (nSPS) is 12.2. The first kappa shape index (κ1) is 14.5. The number of hydrogen-bond donors (Lipinski definition) is 1. The molecule has 3 heteroatoms. The highest BCUT2D eigenvalue weighted by Gasteiger charge is 2.08. The number of nitrogens with one attached hydrogen (secondary N) is 1. The quantitative estimate of drug-likeness (QED) is 0.889. The van der Waals surface area contributed by atoms with Crippen LogP contribution >= 0.6 is 0 Å². The Morgan fingerprint density at radius 1 is 1.20 bits per heavy atom. The summed E-state index contributed by atoms with van der Waals surface area (Å²) in [6.07, 6.45) is 0. The fraction of sp³-hybridized carbons (Fsp3) is 0.294. The lowest BCUT2D eigenvalue weighted by molar-refractivity contribution is 0.386. The molecule has 0 fully saturated rings. The molecule has 0 saturated carbocycles. The second-order valence-corrected chi connectivity index (χ2v) is 4.93. The third-order valence-electron chi connectivity index (χ3n) is 3.48. The van der Waals surface area contributed by atoms with Crippen LogP contribution in [0.4, 0.5) is 4.39 Å². The summed E-state index contributed by atoms with van der Waals surface area (Å²) in [5.74, 6) is -0.0453. The first-order chi connectivity index (χ1) is 9.61. The number of aryl methyl sites for hydroxylation is 1. The monoisotopic (exact) mass is 273 g/mol. The molecule has 0 amide bonds. The number of ether oxygens (including phenoxy) is 1. The molecule has 0 aliphatic rings. The highest BCUT2D eigenvalue weighted by molar-refractivity contribution is 5.30. The molecule has 0 aliphatic heterocycles. The summed E-state index contributed by atoms with van der Waals surface area (Å²) < 4.78 is 18.5. The van der Waals surface area contributed by atoms with Crippen molar-refractivity contribution in [1.29, 1.82) is 0 Å². The molecule has 0 aromatic heterocycles. The summed E-state index contributed by atoms with van der Waals surface area (Å²) in [5.41, 5.74) is 3.43. The van der Waals surface area contributed by atoms with Crippen LogP contribution in [0.15, 0.2) is 42.5 Å². The lowest BCUT2D eigenvalue weighted by Crippen LogP contribution is -2.19. The van der Waals surface area contributed by atoms with Crippen LogP contribution in [-0.2, 0) is 6.54 Å². The Hall–Kier alpha value is -1.87. The minimum absolute atomic E-state index is 0.223. The molecule has 0 saturated heterocycles. The van der Waals surface area contributed by atoms with Crippen molar-refractivity contribution in [2.24, 2.45) is 0 Å². The topological polar surface area (TPSA) is 21.3 Å². The highest BCUT2D eigenvalue weighted by Crippen LogP contribution is 2.20. The molecule has 2 aromatic rings. The number of benzene rings is 2. The smallest absolute Gasteiger partial charge is 0.165 e. The van der Waals surface area contributed by atoms with E-state index in [-0.39, 0.29) is 17.6 Å². The van der Waals surface area contributed by atoms with Crippen molar-refractivity contribution in [1.82, 2.24) is 5.32 Å². The van der Waals surface area contributed by atoms with Crippen molar-refractivity contribution < 1.29 is 9.13 Å². The van der Waals surface area contributed by atoms with Gasteiger partial charge in [-0.25, -0.2) is 4.39 Å². The lowest BCUT2D eigenvalue weighted by Gasteiger charge is -2.16. The van der Waals surface area contributed by atoms with E-state index >= 15 is 0 Å². The zero-order chi connectivity index (χ0) is 14.5. The molecular weight excluding hydrogens is 253 g/mol. The van der Waals surface area contributed by atoms with Crippen LogP contribution in [0.1, 0.15) is 29.7 Å². The van der Waals surface area contributed by atoms with Gasteiger partial charge >= 0.3 is 0 Å². The molecule has 0 spiro atoms. The number of methoxy groups -OCH3 is 1. The van der Waals surface area contributed by atoms with Gasteiger partial charge in [-0.3, -0.25) is 0 Å². The van der Waals surface area contributed by atoms with Crippen LogP contribution in [-0.4, -0.2) is 7.11 Å². The number of halogens is 1. The molecule has 0 bridgehead atoms. The zero-order valence-electron chi connectivity index (χ0n) is 12.1. The lowest BCUT2D eigenvalue weighted by atomic mass is 10.0. The predicted octanol–water partition coefficient (Wildman–Crippen LogP) is 3.99. The Labute approximate surface area is 119 Å². The van der Waals surface area contributed by atoms with Gasteiger partial charge in [0.1, 0.15) is 0 Å². The molecule has 2 nitrogen and oxygen atoms in total. The molecule has 1 N–H and O–H groups in total. The molecule has 20 heavy (non-hydrogen) atoms. The second kappa shape index (κ2) is 6.53. The second-order valence-electron chi connectivity index (χ2n) is 4.93. The van der Waals surface area contributed by atoms with E-state index in [1.165, 1.54) is 24.3 Å². The SMILES string of the molecule is COc1ccc(CN[C@@H](C)c2ccccc2C)cc1F. The Morgan fingerprint density at radius 3 is 2.60 bits per heavy atom. The summed E-state index contributed by atoms with van der Waals surface area (Å²) >= 11 is 0. The minimum Gasteiger partial charge on any atom is -0.494 e. The van der Waals surface area contributed by atoms with Crippen LogP contribution in [0.5, 0.6) is 5.75 Å². The van der Waals surface area contributed by atoms with E-state index in [0.29, 0.717) is 6.54 Å². The summed E-state index contributed by atoms with van der Waals surface area (Å²) in [6, 6.07) is 13.5. The van der Waals surface area contributed by atoms with Crippen molar-refractivity contribution in [3.05, 3.63) is 65.0 Å². The average molecular weight is 273 g/mol. The highest BCUT2D eigenvalue weighted by atomic mass is 19.1. The van der Waals surface area contributed by atoms with Gasteiger partial charge in [-0.2, -0.15) is 0 Å². The number of rotatable bonds is 5. The van der Waals surface area contributed by atoms with Crippen molar-refractivity contribution in [3.8, 4) is 5.75 Å². The number of hydrogen-bond acceptors (Lipinski definition) is 2. The fourth-order valence-electron chi connectivity index (χ4n) is 2.27. The molecule has 1 atom stereocenters. The van der Waals surface area contributed by atoms with Crippen molar-refractivity contribution >= 4 is 0 Å². The van der Waals surface area contributed by atoms with E-state index in [2.05, 4.69) is 31.3 Å². The summed E-state index contributed by atoms with van der Waals surface area (Å²) in [4.78, 5) is 0. The maximum Gasteiger partial charge on any atom is 0.165 e. The summed E-state index contributed by atoms with van der Waals surface area (Å²) in [5, 5.41) is 3.41. The minimum atomic E-state index is -0.324. The van der Waals surface area contributed by atoms with Gasteiger partial charge in [0.2, 0.25) is 0 Å². The largest absolute Gasteiger partial charge is 0.494 e. The fourth-order valence-corrected chi connectivity index (χ4v) is 2.27. The molecule has 106 valence electrons. The van der Waals surface area contributed by atoms with E-state index in [0.717, 1.165) is 5.56 Å². The average Bonchev–Trinajstić information content (AvgIpc) is 2.45. The van der Waals surface area contributed by atoms with Gasteiger partial charge in [0.15, 0.2) is 11.6 Å². The Kier molecular flexibility index (Phi) is 4.74. The van der Waals surface area contributed by atoms with Crippen LogP contribution in [0, 0.1) is 12.7 Å². The maximum absolute atomic E-state index is 13.6. The van der Waals surface area contributed by atoms with Crippen LogP contribution in [0.2, 0.25) is 0 Å². The van der Waals surface area contributed by atoms with E-state index in [1.807, 2.05) is 18.2 Å². The Balaban J connectivity index is 2.02.